The highest BCUT2D eigenvalue weighted by Gasteiger charge is 2.27. The highest BCUT2D eigenvalue weighted by molar-refractivity contribution is 7.87. The molecule has 0 aromatic carbocycles. The molecule has 1 unspecified atom stereocenters. The first-order valence-electron chi connectivity index (χ1n) is 3.46. The molecular formula is C6H11NO5S. The number of hydrogen-bond donors (Lipinski definition) is 2. The molecular weight excluding hydrogens is 198 g/mol. The van der Waals surface area contributed by atoms with Gasteiger partial charge in [0.05, 0.1) is 0 Å². The van der Waals surface area contributed by atoms with Crippen LogP contribution in [0.4, 0.5) is 0 Å². The Balaban J connectivity index is 4.47. The van der Waals surface area contributed by atoms with Gasteiger partial charge in [-0.25, -0.2) is 0 Å². The summed E-state index contributed by atoms with van der Waals surface area (Å²) in [6.07, 6.45) is 0. The molecule has 0 radical (unpaired) electrons. The van der Waals surface area contributed by atoms with Crippen LogP contribution in [0.25, 0.3) is 0 Å². The van der Waals surface area contributed by atoms with Crippen LogP contribution in [0.3, 0.4) is 0 Å². The average molecular weight is 209 g/mol. The number of carbonyl (C=O) groups excluding carboxylic acids is 2. The van der Waals surface area contributed by atoms with E-state index in [2.05, 4.69) is 5.32 Å². The molecule has 1 amide bonds. The Morgan fingerprint density at radius 2 is 1.85 bits per heavy atom. The third-order valence-electron chi connectivity index (χ3n) is 1.35. The lowest BCUT2D eigenvalue weighted by atomic mass is 10.3. The molecule has 0 spiro atoms. The Morgan fingerprint density at radius 1 is 1.38 bits per heavy atom. The minimum Gasteiger partial charge on any atom is -0.354 e. The van der Waals surface area contributed by atoms with Crippen molar-refractivity contribution in [2.75, 3.05) is 6.54 Å². The maximum absolute atomic E-state index is 10.7. The van der Waals surface area contributed by atoms with E-state index < -0.39 is 33.6 Å². The van der Waals surface area contributed by atoms with E-state index in [0.29, 0.717) is 0 Å². The van der Waals surface area contributed by atoms with E-state index in [1.54, 1.807) is 0 Å². The zero-order chi connectivity index (χ0) is 10.6. The zero-order valence-electron chi connectivity index (χ0n) is 7.27. The number of ketones is 1. The molecule has 0 saturated carbocycles. The van der Waals surface area contributed by atoms with Gasteiger partial charge in [-0.2, -0.15) is 8.42 Å². The van der Waals surface area contributed by atoms with Crippen LogP contribution in [-0.4, -0.2) is 36.5 Å². The third-order valence-corrected chi connectivity index (χ3v) is 2.57. The first kappa shape index (κ1) is 12.0. The summed E-state index contributed by atoms with van der Waals surface area (Å²) in [5, 5.41) is 0.562. The molecule has 0 saturated heterocycles. The maximum atomic E-state index is 10.7. The van der Waals surface area contributed by atoms with Gasteiger partial charge < -0.3 is 5.32 Å². The van der Waals surface area contributed by atoms with Crippen molar-refractivity contribution < 1.29 is 22.6 Å². The Kier molecular flexibility index (Phi) is 4.02. The number of carbonyl (C=O) groups is 2. The number of Topliss-reactive ketones (excluding diaryl/α,β-unsaturated/α-hetero) is 1. The topological polar surface area (TPSA) is 101 Å². The van der Waals surface area contributed by atoms with Gasteiger partial charge in [0.15, 0.2) is 11.0 Å². The van der Waals surface area contributed by atoms with Gasteiger partial charge in [-0.15, -0.1) is 0 Å². The molecule has 0 aliphatic rings. The number of nitrogens with one attached hydrogen (secondary N) is 1. The smallest absolute Gasteiger partial charge is 0.276 e. The van der Waals surface area contributed by atoms with Crippen molar-refractivity contribution >= 4 is 21.8 Å². The van der Waals surface area contributed by atoms with E-state index in [4.69, 9.17) is 4.55 Å². The highest BCUT2D eigenvalue weighted by Crippen LogP contribution is 1.98. The van der Waals surface area contributed by atoms with Crippen molar-refractivity contribution in [2.45, 2.75) is 19.1 Å². The van der Waals surface area contributed by atoms with E-state index in [1.165, 1.54) is 6.92 Å². The van der Waals surface area contributed by atoms with Gasteiger partial charge in [-0.3, -0.25) is 14.1 Å². The third kappa shape index (κ3) is 4.58. The highest BCUT2D eigenvalue weighted by atomic mass is 32.2. The van der Waals surface area contributed by atoms with Crippen molar-refractivity contribution in [3.8, 4) is 0 Å². The number of rotatable bonds is 4. The van der Waals surface area contributed by atoms with Crippen LogP contribution in [-0.2, 0) is 19.7 Å². The van der Waals surface area contributed by atoms with Gasteiger partial charge in [0.1, 0.15) is 0 Å². The largest absolute Gasteiger partial charge is 0.354 e. The molecule has 0 aliphatic carbocycles. The first-order valence-corrected chi connectivity index (χ1v) is 4.96. The minimum atomic E-state index is -4.42. The molecule has 13 heavy (non-hydrogen) atoms. The van der Waals surface area contributed by atoms with E-state index in [9.17, 15) is 18.0 Å². The van der Waals surface area contributed by atoms with Crippen molar-refractivity contribution in [3.05, 3.63) is 0 Å². The second-order valence-corrected chi connectivity index (χ2v) is 4.15. The van der Waals surface area contributed by atoms with Crippen molar-refractivity contribution in [1.82, 2.24) is 5.32 Å². The van der Waals surface area contributed by atoms with Gasteiger partial charge in [-0.1, -0.05) is 0 Å². The monoisotopic (exact) mass is 209 g/mol. The lowest BCUT2D eigenvalue weighted by Crippen LogP contribution is -2.39. The van der Waals surface area contributed by atoms with Crippen LogP contribution >= 0.6 is 0 Å². The Labute approximate surface area is 76.1 Å². The van der Waals surface area contributed by atoms with E-state index in [1.807, 2.05) is 0 Å². The molecule has 2 N–H and O–H groups in total. The summed E-state index contributed by atoms with van der Waals surface area (Å²) in [7, 11) is -4.42. The molecule has 0 rings (SSSR count). The van der Waals surface area contributed by atoms with Crippen molar-refractivity contribution in [1.29, 1.82) is 0 Å². The summed E-state index contributed by atoms with van der Waals surface area (Å²) < 4.78 is 29.7. The van der Waals surface area contributed by atoms with Gasteiger partial charge in [-0.05, 0) is 6.92 Å². The summed E-state index contributed by atoms with van der Waals surface area (Å²) in [6.45, 7) is 1.81. The molecule has 1 atom stereocenters. The van der Waals surface area contributed by atoms with E-state index in [0.717, 1.165) is 6.92 Å². The van der Waals surface area contributed by atoms with Crippen LogP contribution in [0.1, 0.15) is 13.8 Å². The SMILES string of the molecule is CC(=O)NCC(C(C)=O)S(=O)(=O)O. The fourth-order valence-corrected chi connectivity index (χ4v) is 1.41. The Bertz CT molecular complexity index is 307. The second-order valence-electron chi connectivity index (χ2n) is 2.55. The standard InChI is InChI=1S/C6H11NO5S/c1-4(8)6(13(10,11)12)3-7-5(2)9/h6H,3H2,1-2H3,(H,7,9)(H,10,11,12). The van der Waals surface area contributed by atoms with Crippen molar-refractivity contribution in [3.63, 3.8) is 0 Å². The molecule has 76 valence electrons. The minimum absolute atomic E-state index is 0.399. The predicted octanol–water partition coefficient (Wildman–Crippen LogP) is -1.03. The fraction of sp³-hybridized carbons (Fsp3) is 0.667. The normalized spacial score (nSPS) is 13.5. The lowest BCUT2D eigenvalue weighted by molar-refractivity contribution is -0.119. The summed E-state index contributed by atoms with van der Waals surface area (Å²) in [5.41, 5.74) is 0. The first-order chi connectivity index (χ1) is 5.75. The number of hydrogen-bond acceptors (Lipinski definition) is 4. The summed E-state index contributed by atoms with van der Waals surface area (Å²) in [4.78, 5) is 21.1. The zero-order valence-corrected chi connectivity index (χ0v) is 8.09. The number of amides is 1. The van der Waals surface area contributed by atoms with Gasteiger partial charge in [0, 0.05) is 13.5 Å². The summed E-state index contributed by atoms with van der Waals surface area (Å²) >= 11 is 0. The molecule has 0 aromatic rings. The van der Waals surface area contributed by atoms with Crippen LogP contribution in [0.2, 0.25) is 0 Å². The summed E-state index contributed by atoms with van der Waals surface area (Å²) in [6, 6.07) is 0. The predicted molar refractivity (Wildman–Crippen MR) is 44.7 cm³/mol. The molecule has 7 heteroatoms. The van der Waals surface area contributed by atoms with Crippen molar-refractivity contribution in [2.24, 2.45) is 0 Å². The van der Waals surface area contributed by atoms with Gasteiger partial charge in [0.25, 0.3) is 10.1 Å². The van der Waals surface area contributed by atoms with Gasteiger partial charge >= 0.3 is 0 Å². The fourth-order valence-electron chi connectivity index (χ4n) is 0.695. The van der Waals surface area contributed by atoms with E-state index >= 15 is 0 Å². The summed E-state index contributed by atoms with van der Waals surface area (Å²) in [5.74, 6) is -1.17. The molecule has 0 aromatic heterocycles. The Morgan fingerprint density at radius 3 is 2.08 bits per heavy atom. The molecule has 6 nitrogen and oxygen atoms in total. The Hall–Kier alpha value is -0.950. The molecule has 0 heterocycles. The molecule has 0 bridgehead atoms. The quantitative estimate of drug-likeness (QED) is 0.576. The van der Waals surface area contributed by atoms with Crippen LogP contribution in [0.15, 0.2) is 0 Å². The van der Waals surface area contributed by atoms with Crippen LogP contribution in [0.5, 0.6) is 0 Å². The molecule has 0 fully saturated rings. The van der Waals surface area contributed by atoms with E-state index in [-0.39, 0.29) is 0 Å². The van der Waals surface area contributed by atoms with Crippen LogP contribution in [0, 0.1) is 0 Å². The lowest BCUT2D eigenvalue weighted by Gasteiger charge is -2.09. The molecule has 0 aliphatic heterocycles. The van der Waals surface area contributed by atoms with Gasteiger partial charge in [0.2, 0.25) is 5.91 Å². The second kappa shape index (κ2) is 4.33. The maximum Gasteiger partial charge on any atom is 0.276 e. The van der Waals surface area contributed by atoms with Crippen LogP contribution < -0.4 is 5.32 Å². The average Bonchev–Trinajstić information content (AvgIpc) is 1.81.